The molecule has 0 saturated heterocycles. The first-order chi connectivity index (χ1) is 14.1. The van der Waals surface area contributed by atoms with Gasteiger partial charge in [0.1, 0.15) is 0 Å². The van der Waals surface area contributed by atoms with Crippen LogP contribution in [0.3, 0.4) is 0 Å². The van der Waals surface area contributed by atoms with Gasteiger partial charge < -0.3 is 5.32 Å². The topological polar surface area (TPSA) is 64.0 Å². The minimum atomic E-state index is -0.0588. The Bertz CT molecular complexity index is 1090. The zero-order valence-electron chi connectivity index (χ0n) is 16.7. The van der Waals surface area contributed by atoms with E-state index in [1.807, 2.05) is 25.1 Å². The Morgan fingerprint density at radius 2 is 1.93 bits per heavy atom. The van der Waals surface area contributed by atoms with Crippen LogP contribution in [0.5, 0.6) is 0 Å². The van der Waals surface area contributed by atoms with E-state index < -0.39 is 0 Å². The van der Waals surface area contributed by atoms with Crippen molar-refractivity contribution in [3.8, 4) is 0 Å². The maximum Gasteiger partial charge on any atom is 0.262 e. The second-order valence-corrected chi connectivity index (χ2v) is 8.49. The fourth-order valence-electron chi connectivity index (χ4n) is 3.56. The molecule has 2 aromatic carbocycles. The van der Waals surface area contributed by atoms with Gasteiger partial charge in [0.05, 0.1) is 22.7 Å². The number of benzene rings is 2. The lowest BCUT2D eigenvalue weighted by molar-refractivity contribution is -0.119. The van der Waals surface area contributed by atoms with Gasteiger partial charge in [-0.05, 0) is 50.3 Å². The summed E-state index contributed by atoms with van der Waals surface area (Å²) in [5.74, 6) is 0.719. The summed E-state index contributed by atoms with van der Waals surface area (Å²) in [7, 11) is 0. The Morgan fingerprint density at radius 1 is 1.21 bits per heavy atom. The number of thioether (sulfide) groups is 1. The lowest BCUT2D eigenvalue weighted by Gasteiger charge is -2.19. The number of rotatable bonds is 7. The van der Waals surface area contributed by atoms with Gasteiger partial charge in [-0.2, -0.15) is 0 Å². The van der Waals surface area contributed by atoms with E-state index in [0.717, 1.165) is 18.4 Å². The lowest BCUT2D eigenvalue weighted by Crippen LogP contribution is -2.31. The lowest BCUT2D eigenvalue weighted by atomic mass is 10.0. The summed E-state index contributed by atoms with van der Waals surface area (Å²) in [4.78, 5) is 30.0. The van der Waals surface area contributed by atoms with E-state index in [0.29, 0.717) is 28.5 Å². The van der Waals surface area contributed by atoms with Gasteiger partial charge in [0, 0.05) is 6.54 Å². The summed E-state index contributed by atoms with van der Waals surface area (Å²) in [5.41, 5.74) is 2.98. The van der Waals surface area contributed by atoms with Crippen LogP contribution in [0.1, 0.15) is 36.9 Å². The second kappa shape index (κ2) is 8.41. The van der Waals surface area contributed by atoms with Crippen molar-refractivity contribution in [1.29, 1.82) is 0 Å². The first kappa shape index (κ1) is 19.7. The van der Waals surface area contributed by atoms with E-state index in [2.05, 4.69) is 41.5 Å². The molecular weight excluding hydrogens is 382 g/mol. The third kappa shape index (κ3) is 4.37. The average molecular weight is 408 g/mol. The highest BCUT2D eigenvalue weighted by atomic mass is 32.2. The van der Waals surface area contributed by atoms with E-state index in [1.54, 1.807) is 10.6 Å². The maximum atomic E-state index is 12.7. The van der Waals surface area contributed by atoms with Crippen molar-refractivity contribution in [2.75, 3.05) is 5.75 Å². The molecule has 0 aliphatic heterocycles. The van der Waals surface area contributed by atoms with Gasteiger partial charge in [0.2, 0.25) is 5.91 Å². The van der Waals surface area contributed by atoms with Gasteiger partial charge in [-0.15, -0.1) is 0 Å². The maximum absolute atomic E-state index is 12.7. The molecule has 29 heavy (non-hydrogen) atoms. The Labute approximate surface area is 174 Å². The Morgan fingerprint density at radius 3 is 2.62 bits per heavy atom. The highest BCUT2D eigenvalue weighted by molar-refractivity contribution is 7.99. The van der Waals surface area contributed by atoms with Gasteiger partial charge in [-0.1, -0.05) is 53.7 Å². The van der Waals surface area contributed by atoms with Gasteiger partial charge in [-0.3, -0.25) is 14.2 Å². The van der Waals surface area contributed by atoms with Crippen molar-refractivity contribution in [1.82, 2.24) is 14.9 Å². The van der Waals surface area contributed by atoms with Gasteiger partial charge in [-0.25, -0.2) is 4.98 Å². The quantitative estimate of drug-likeness (QED) is 0.473. The van der Waals surface area contributed by atoms with Crippen LogP contribution >= 0.6 is 11.8 Å². The van der Waals surface area contributed by atoms with Crippen LogP contribution < -0.4 is 10.9 Å². The van der Waals surface area contributed by atoms with E-state index in [-0.39, 0.29) is 23.3 Å². The number of carbonyl (C=O) groups excluding carboxylic acids is 1. The number of nitrogens with one attached hydrogen (secondary N) is 1. The normalized spacial score (nSPS) is 14.7. The standard InChI is InChI=1S/C23H25N3O2S/c1-3-26-22(28)18-6-4-5-7-19(18)24-23(26)29-14-20(27)25-21(17-12-13-17)16-10-8-15(2)9-11-16/h4-11,17,21H,3,12-14H2,1-2H3,(H,25,27). The van der Waals surface area contributed by atoms with Crippen molar-refractivity contribution in [3.05, 3.63) is 70.0 Å². The van der Waals surface area contributed by atoms with Crippen LogP contribution in [0.4, 0.5) is 0 Å². The number of aryl methyl sites for hydroxylation is 1. The Hall–Kier alpha value is -2.60. The molecule has 1 aromatic heterocycles. The highest BCUT2D eigenvalue weighted by Crippen LogP contribution is 2.41. The molecule has 1 unspecified atom stereocenters. The van der Waals surface area contributed by atoms with Crippen molar-refractivity contribution in [2.45, 2.75) is 44.4 Å². The van der Waals surface area contributed by atoms with Crippen LogP contribution in [0.25, 0.3) is 10.9 Å². The number of hydrogen-bond donors (Lipinski definition) is 1. The minimum absolute atomic E-state index is 0.0301. The molecule has 150 valence electrons. The minimum Gasteiger partial charge on any atom is -0.348 e. The third-order valence-electron chi connectivity index (χ3n) is 5.32. The summed E-state index contributed by atoms with van der Waals surface area (Å²) in [6.45, 7) is 4.51. The molecule has 1 aliphatic rings. The van der Waals surface area contributed by atoms with Gasteiger partial charge in [0.25, 0.3) is 5.56 Å². The summed E-state index contributed by atoms with van der Waals surface area (Å²) >= 11 is 1.32. The zero-order chi connectivity index (χ0) is 20.4. The van der Waals surface area contributed by atoms with E-state index in [9.17, 15) is 9.59 Å². The van der Waals surface area contributed by atoms with Crippen molar-refractivity contribution >= 4 is 28.6 Å². The predicted octanol–water partition coefficient (Wildman–Crippen LogP) is 4.08. The van der Waals surface area contributed by atoms with Crippen LogP contribution in [-0.2, 0) is 11.3 Å². The van der Waals surface area contributed by atoms with Crippen LogP contribution in [0.15, 0.2) is 58.5 Å². The molecule has 1 saturated carbocycles. The average Bonchev–Trinajstić information content (AvgIpc) is 3.57. The SMILES string of the molecule is CCn1c(SCC(=O)NC(c2ccc(C)cc2)C2CC2)nc2ccccc2c1=O. The largest absolute Gasteiger partial charge is 0.348 e. The first-order valence-corrected chi connectivity index (χ1v) is 11.0. The van der Waals surface area contributed by atoms with E-state index in [4.69, 9.17) is 0 Å². The molecule has 0 spiro atoms. The van der Waals surface area contributed by atoms with Crippen molar-refractivity contribution < 1.29 is 4.79 Å². The number of aromatic nitrogens is 2. The number of carbonyl (C=O) groups is 1. The number of para-hydroxylation sites is 1. The molecule has 5 nitrogen and oxygen atoms in total. The van der Waals surface area contributed by atoms with Crippen LogP contribution in [-0.4, -0.2) is 21.2 Å². The molecule has 1 atom stereocenters. The molecule has 4 rings (SSSR count). The Kier molecular flexibility index (Phi) is 5.72. The molecule has 1 fully saturated rings. The molecule has 3 aromatic rings. The molecule has 0 radical (unpaired) electrons. The number of fused-ring (bicyclic) bond motifs is 1. The van der Waals surface area contributed by atoms with E-state index in [1.165, 1.54) is 17.3 Å². The number of amides is 1. The molecule has 1 heterocycles. The molecule has 1 N–H and O–H groups in total. The molecule has 1 aliphatic carbocycles. The summed E-state index contributed by atoms with van der Waals surface area (Å²) < 4.78 is 1.64. The zero-order valence-corrected chi connectivity index (χ0v) is 17.5. The monoisotopic (exact) mass is 407 g/mol. The molecular formula is C23H25N3O2S. The fourth-order valence-corrected chi connectivity index (χ4v) is 4.43. The summed E-state index contributed by atoms with van der Waals surface area (Å²) in [5, 5.41) is 4.39. The van der Waals surface area contributed by atoms with Crippen LogP contribution in [0, 0.1) is 12.8 Å². The third-order valence-corrected chi connectivity index (χ3v) is 6.30. The molecule has 0 bridgehead atoms. The van der Waals surface area contributed by atoms with Gasteiger partial charge in [0.15, 0.2) is 5.16 Å². The first-order valence-electron chi connectivity index (χ1n) is 10.0. The van der Waals surface area contributed by atoms with Crippen molar-refractivity contribution in [2.24, 2.45) is 5.92 Å². The number of nitrogens with zero attached hydrogens (tertiary/aromatic N) is 2. The molecule has 6 heteroatoms. The highest BCUT2D eigenvalue weighted by Gasteiger charge is 2.33. The van der Waals surface area contributed by atoms with E-state index >= 15 is 0 Å². The summed E-state index contributed by atoms with van der Waals surface area (Å²) in [6.07, 6.45) is 2.29. The fraction of sp³-hybridized carbons (Fsp3) is 0.348. The summed E-state index contributed by atoms with van der Waals surface area (Å²) in [6, 6.07) is 15.8. The molecule has 1 amide bonds. The van der Waals surface area contributed by atoms with Crippen LogP contribution in [0.2, 0.25) is 0 Å². The second-order valence-electron chi connectivity index (χ2n) is 7.54. The predicted molar refractivity (Wildman–Crippen MR) is 117 cm³/mol. The smallest absolute Gasteiger partial charge is 0.262 e. The number of hydrogen-bond acceptors (Lipinski definition) is 4. The Balaban J connectivity index is 1.49. The van der Waals surface area contributed by atoms with Crippen molar-refractivity contribution in [3.63, 3.8) is 0 Å². The van der Waals surface area contributed by atoms with Gasteiger partial charge >= 0.3 is 0 Å².